The lowest BCUT2D eigenvalue weighted by molar-refractivity contribution is 0.472. The molecule has 3 heteroatoms. The molecule has 0 atom stereocenters. The van der Waals surface area contributed by atoms with Gasteiger partial charge in [0.25, 0.3) is 0 Å². The number of hydrogen-bond acceptors (Lipinski definition) is 1. The third kappa shape index (κ3) is 4.51. The zero-order valence-corrected chi connectivity index (χ0v) is 8.89. The molecular weight excluding hydrogens is 184 g/mol. The van der Waals surface area contributed by atoms with Gasteiger partial charge < -0.3 is 5.73 Å². The molecule has 0 spiro atoms. The van der Waals surface area contributed by atoms with E-state index in [1.54, 1.807) is 0 Å². The van der Waals surface area contributed by atoms with Crippen LogP contribution in [0.15, 0.2) is 4.99 Å². The van der Waals surface area contributed by atoms with Crippen LogP contribution in [0.4, 0.5) is 0 Å². The topological polar surface area (TPSA) is 38.4 Å². The fraction of sp³-hybridized carbons (Fsp3) is 0.900. The second-order valence-electron chi connectivity index (χ2n) is 3.82. The largest absolute Gasteiger partial charge is 0.386 e. The third-order valence-corrected chi connectivity index (χ3v) is 2.94. The summed E-state index contributed by atoms with van der Waals surface area (Å²) in [5.74, 6) is 1.71. The van der Waals surface area contributed by atoms with Crippen molar-refractivity contribution in [3.63, 3.8) is 0 Å². The Morgan fingerprint density at radius 1 is 1.23 bits per heavy atom. The molecule has 1 fully saturated rings. The van der Waals surface area contributed by atoms with E-state index in [-0.39, 0.29) is 0 Å². The lowest BCUT2D eigenvalue weighted by Crippen LogP contribution is -2.16. The molecule has 0 aliphatic heterocycles. The number of nitrogens with two attached hydrogens (primary N) is 1. The number of halogens is 1. The highest BCUT2D eigenvalue weighted by atomic mass is 35.5. The van der Waals surface area contributed by atoms with E-state index in [2.05, 4.69) is 4.99 Å². The van der Waals surface area contributed by atoms with Gasteiger partial charge in [-0.05, 0) is 18.8 Å². The minimum Gasteiger partial charge on any atom is -0.386 e. The summed E-state index contributed by atoms with van der Waals surface area (Å²) in [6.07, 6.45) is 8.15. The van der Waals surface area contributed by atoms with Crippen molar-refractivity contribution in [2.75, 3.05) is 12.4 Å². The number of hydrogen-bond donors (Lipinski definition) is 1. The highest BCUT2D eigenvalue weighted by molar-refractivity contribution is 6.27. The van der Waals surface area contributed by atoms with E-state index in [0.717, 1.165) is 12.5 Å². The van der Waals surface area contributed by atoms with Crippen LogP contribution in [0.25, 0.3) is 0 Å². The van der Waals surface area contributed by atoms with Crippen LogP contribution in [0, 0.1) is 5.92 Å². The van der Waals surface area contributed by atoms with Crippen molar-refractivity contribution < 1.29 is 0 Å². The fourth-order valence-corrected chi connectivity index (χ4v) is 1.92. The van der Waals surface area contributed by atoms with Crippen molar-refractivity contribution in [1.82, 2.24) is 0 Å². The molecule has 13 heavy (non-hydrogen) atoms. The Morgan fingerprint density at radius 3 is 2.38 bits per heavy atom. The summed E-state index contributed by atoms with van der Waals surface area (Å²) in [5.41, 5.74) is 5.55. The summed E-state index contributed by atoms with van der Waals surface area (Å²) in [7, 11) is 0. The molecule has 0 amide bonds. The summed E-state index contributed by atoms with van der Waals surface area (Å²) >= 11 is 5.55. The molecule has 0 saturated heterocycles. The van der Waals surface area contributed by atoms with Gasteiger partial charge in [0.1, 0.15) is 5.84 Å². The quantitative estimate of drug-likeness (QED) is 0.325. The maximum Gasteiger partial charge on any atom is 0.109 e. The van der Waals surface area contributed by atoms with E-state index in [1.165, 1.54) is 38.5 Å². The molecule has 0 aromatic heterocycles. The molecule has 1 aliphatic rings. The Hall–Kier alpha value is -0.240. The average Bonchev–Trinajstić information content (AvgIpc) is 2.42. The second-order valence-corrected chi connectivity index (χ2v) is 4.09. The van der Waals surface area contributed by atoms with E-state index in [0.29, 0.717) is 11.7 Å². The van der Waals surface area contributed by atoms with Gasteiger partial charge in [-0.1, -0.05) is 25.7 Å². The predicted octanol–water partition coefficient (Wildman–Crippen LogP) is 2.55. The standard InChI is InChI=1S/C10H19ClN2/c11-7-10(12)13-8-9-5-3-1-2-4-6-9/h9H,1-8H2,(H2,12,13). The molecule has 0 radical (unpaired) electrons. The molecule has 1 saturated carbocycles. The van der Waals surface area contributed by atoms with Gasteiger partial charge in [-0.15, -0.1) is 11.6 Å². The molecule has 2 nitrogen and oxygen atoms in total. The van der Waals surface area contributed by atoms with Crippen LogP contribution in [0.1, 0.15) is 38.5 Å². The van der Waals surface area contributed by atoms with E-state index in [9.17, 15) is 0 Å². The fourth-order valence-electron chi connectivity index (χ4n) is 1.84. The Bertz CT molecular complexity index is 160. The Labute approximate surface area is 85.6 Å². The summed E-state index contributed by atoms with van der Waals surface area (Å²) < 4.78 is 0. The molecule has 0 bridgehead atoms. The minimum atomic E-state index is 0.368. The maximum atomic E-state index is 5.55. The number of aliphatic imine (C=N–C) groups is 1. The SMILES string of the molecule is NC(CCl)=NCC1CCCCCC1. The molecule has 1 aliphatic carbocycles. The monoisotopic (exact) mass is 202 g/mol. The van der Waals surface area contributed by atoms with Crippen molar-refractivity contribution in [1.29, 1.82) is 0 Å². The Morgan fingerprint density at radius 2 is 1.85 bits per heavy atom. The molecule has 2 N–H and O–H groups in total. The van der Waals surface area contributed by atoms with Gasteiger partial charge in [-0.2, -0.15) is 0 Å². The molecule has 0 aromatic carbocycles. The van der Waals surface area contributed by atoms with E-state index in [1.807, 2.05) is 0 Å². The number of rotatable bonds is 3. The van der Waals surface area contributed by atoms with Gasteiger partial charge in [-0.25, -0.2) is 0 Å². The van der Waals surface area contributed by atoms with Crippen molar-refractivity contribution in [2.45, 2.75) is 38.5 Å². The normalized spacial score (nSPS) is 21.5. The van der Waals surface area contributed by atoms with Gasteiger partial charge in [0, 0.05) is 6.54 Å². The molecule has 76 valence electrons. The molecule has 1 rings (SSSR count). The lowest BCUT2D eigenvalue weighted by Gasteiger charge is -2.10. The first-order valence-corrected chi connectivity index (χ1v) is 5.71. The number of nitrogens with zero attached hydrogens (tertiary/aromatic N) is 1. The van der Waals surface area contributed by atoms with Crippen LogP contribution >= 0.6 is 11.6 Å². The third-order valence-electron chi connectivity index (χ3n) is 2.66. The first-order valence-electron chi connectivity index (χ1n) is 5.17. The zero-order chi connectivity index (χ0) is 9.52. The molecule has 0 heterocycles. The second kappa shape index (κ2) is 6.25. The van der Waals surface area contributed by atoms with E-state index < -0.39 is 0 Å². The first kappa shape index (κ1) is 10.8. The molecule has 0 unspecified atom stereocenters. The molecular formula is C10H19ClN2. The van der Waals surface area contributed by atoms with Crippen LogP contribution in [-0.2, 0) is 0 Å². The van der Waals surface area contributed by atoms with Crippen LogP contribution in [-0.4, -0.2) is 18.3 Å². The van der Waals surface area contributed by atoms with Gasteiger partial charge in [0.05, 0.1) is 5.88 Å². The summed E-state index contributed by atoms with van der Waals surface area (Å²) in [4.78, 5) is 4.27. The van der Waals surface area contributed by atoms with Crippen LogP contribution in [0.5, 0.6) is 0 Å². The predicted molar refractivity (Wildman–Crippen MR) is 58.4 cm³/mol. The van der Waals surface area contributed by atoms with Gasteiger partial charge in [0.2, 0.25) is 0 Å². The van der Waals surface area contributed by atoms with Gasteiger partial charge in [-0.3, -0.25) is 4.99 Å². The Balaban J connectivity index is 2.26. The maximum absolute atomic E-state index is 5.55. The zero-order valence-electron chi connectivity index (χ0n) is 8.14. The van der Waals surface area contributed by atoms with Crippen LogP contribution in [0.2, 0.25) is 0 Å². The number of alkyl halides is 1. The van der Waals surface area contributed by atoms with Crippen molar-refractivity contribution in [3.05, 3.63) is 0 Å². The lowest BCUT2D eigenvalue weighted by atomic mass is 10.0. The first-order chi connectivity index (χ1) is 6.33. The summed E-state index contributed by atoms with van der Waals surface area (Å²) in [5, 5.41) is 0. The van der Waals surface area contributed by atoms with Crippen LogP contribution < -0.4 is 5.73 Å². The van der Waals surface area contributed by atoms with Crippen molar-refractivity contribution in [2.24, 2.45) is 16.6 Å². The van der Waals surface area contributed by atoms with Gasteiger partial charge >= 0.3 is 0 Å². The smallest absolute Gasteiger partial charge is 0.109 e. The van der Waals surface area contributed by atoms with E-state index in [4.69, 9.17) is 17.3 Å². The summed E-state index contributed by atoms with van der Waals surface area (Å²) in [6, 6.07) is 0. The summed E-state index contributed by atoms with van der Waals surface area (Å²) in [6.45, 7) is 0.887. The Kier molecular flexibility index (Phi) is 5.21. The molecule has 0 aromatic rings. The highest BCUT2D eigenvalue weighted by Crippen LogP contribution is 2.22. The minimum absolute atomic E-state index is 0.368. The van der Waals surface area contributed by atoms with Gasteiger partial charge in [0.15, 0.2) is 0 Å². The van der Waals surface area contributed by atoms with E-state index >= 15 is 0 Å². The van der Waals surface area contributed by atoms with Crippen molar-refractivity contribution in [3.8, 4) is 0 Å². The average molecular weight is 203 g/mol. The highest BCUT2D eigenvalue weighted by Gasteiger charge is 2.11. The number of amidine groups is 1. The van der Waals surface area contributed by atoms with Crippen LogP contribution in [0.3, 0.4) is 0 Å². The van der Waals surface area contributed by atoms with Crippen molar-refractivity contribution >= 4 is 17.4 Å².